The van der Waals surface area contributed by atoms with E-state index >= 15 is 0 Å². The standard InChI is InChI=1S/C16H22N2O4/c19-16(17-6-3-7-18-8-10-20-11-9-18)15-12-21-13-4-1-2-5-14(13)22-15/h1-2,4-5,15H,3,6-12H2,(H,17,19)/t15-/m1/s1. The van der Waals surface area contributed by atoms with Crippen LogP contribution in [0.2, 0.25) is 0 Å². The Labute approximate surface area is 130 Å². The number of hydrogen-bond donors (Lipinski definition) is 1. The summed E-state index contributed by atoms with van der Waals surface area (Å²) in [7, 11) is 0. The zero-order valence-corrected chi connectivity index (χ0v) is 12.6. The Bertz CT molecular complexity index is 503. The van der Waals surface area contributed by atoms with Gasteiger partial charge in [-0.3, -0.25) is 9.69 Å². The Morgan fingerprint density at radius 1 is 1.23 bits per heavy atom. The zero-order chi connectivity index (χ0) is 15.2. The van der Waals surface area contributed by atoms with Gasteiger partial charge in [0.25, 0.3) is 5.91 Å². The van der Waals surface area contributed by atoms with Crippen LogP contribution >= 0.6 is 0 Å². The van der Waals surface area contributed by atoms with Crippen molar-refractivity contribution in [3.8, 4) is 11.5 Å². The molecule has 3 rings (SSSR count). The van der Waals surface area contributed by atoms with Crippen molar-refractivity contribution in [2.45, 2.75) is 12.5 Å². The SMILES string of the molecule is O=C(NCCCN1CCOCC1)[C@H]1COc2ccccc2O1. The van der Waals surface area contributed by atoms with Gasteiger partial charge in [0.1, 0.15) is 6.61 Å². The van der Waals surface area contributed by atoms with Crippen molar-refractivity contribution in [2.75, 3.05) is 46.0 Å². The van der Waals surface area contributed by atoms with Crippen LogP contribution in [-0.4, -0.2) is 62.9 Å². The van der Waals surface area contributed by atoms with E-state index in [0.29, 0.717) is 18.0 Å². The quantitative estimate of drug-likeness (QED) is 0.810. The minimum atomic E-state index is -0.571. The highest BCUT2D eigenvalue weighted by atomic mass is 16.6. The number of fused-ring (bicyclic) bond motifs is 1. The Kier molecular flexibility index (Phi) is 5.13. The second kappa shape index (κ2) is 7.47. The number of carbonyl (C=O) groups excluding carboxylic acids is 1. The lowest BCUT2D eigenvalue weighted by molar-refractivity contribution is -0.130. The van der Waals surface area contributed by atoms with Gasteiger partial charge in [0, 0.05) is 19.6 Å². The maximum Gasteiger partial charge on any atom is 0.264 e. The number of amides is 1. The molecular weight excluding hydrogens is 284 g/mol. The molecule has 1 atom stereocenters. The molecule has 0 radical (unpaired) electrons. The van der Waals surface area contributed by atoms with E-state index in [4.69, 9.17) is 14.2 Å². The van der Waals surface area contributed by atoms with E-state index in [2.05, 4.69) is 10.2 Å². The van der Waals surface area contributed by atoms with Gasteiger partial charge in [-0.1, -0.05) is 12.1 Å². The molecule has 120 valence electrons. The highest BCUT2D eigenvalue weighted by molar-refractivity contribution is 5.81. The maximum absolute atomic E-state index is 12.1. The minimum Gasteiger partial charge on any atom is -0.485 e. The second-order valence-electron chi connectivity index (χ2n) is 5.46. The average molecular weight is 306 g/mol. The predicted molar refractivity (Wildman–Crippen MR) is 81.2 cm³/mol. The number of rotatable bonds is 5. The third-order valence-corrected chi connectivity index (χ3v) is 3.86. The Balaban J connectivity index is 1.37. The van der Waals surface area contributed by atoms with Crippen LogP contribution in [0.15, 0.2) is 24.3 Å². The zero-order valence-electron chi connectivity index (χ0n) is 12.6. The summed E-state index contributed by atoms with van der Waals surface area (Å²) in [5, 5.41) is 2.92. The van der Waals surface area contributed by atoms with Crippen molar-refractivity contribution in [2.24, 2.45) is 0 Å². The van der Waals surface area contributed by atoms with Crippen LogP contribution in [0.3, 0.4) is 0 Å². The van der Waals surface area contributed by atoms with E-state index in [-0.39, 0.29) is 12.5 Å². The fourth-order valence-corrected chi connectivity index (χ4v) is 2.60. The highest BCUT2D eigenvalue weighted by Gasteiger charge is 2.26. The minimum absolute atomic E-state index is 0.114. The summed E-state index contributed by atoms with van der Waals surface area (Å²) in [6.45, 7) is 5.45. The lowest BCUT2D eigenvalue weighted by Gasteiger charge is -2.27. The molecule has 2 aliphatic rings. The van der Waals surface area contributed by atoms with Crippen LogP contribution in [0.5, 0.6) is 11.5 Å². The summed E-state index contributed by atoms with van der Waals surface area (Å²) >= 11 is 0. The van der Waals surface area contributed by atoms with Gasteiger partial charge in [0.15, 0.2) is 11.5 Å². The first kappa shape index (κ1) is 15.1. The van der Waals surface area contributed by atoms with Gasteiger partial charge in [-0.05, 0) is 25.1 Å². The first-order chi connectivity index (χ1) is 10.8. The van der Waals surface area contributed by atoms with Crippen LogP contribution in [-0.2, 0) is 9.53 Å². The third kappa shape index (κ3) is 3.90. The van der Waals surface area contributed by atoms with E-state index in [1.807, 2.05) is 24.3 Å². The molecule has 0 bridgehead atoms. The summed E-state index contributed by atoms with van der Waals surface area (Å²) in [5.41, 5.74) is 0. The lowest BCUT2D eigenvalue weighted by atomic mass is 10.2. The summed E-state index contributed by atoms with van der Waals surface area (Å²) < 4.78 is 16.5. The van der Waals surface area contributed by atoms with Gasteiger partial charge in [0.05, 0.1) is 13.2 Å². The number of carbonyl (C=O) groups is 1. The van der Waals surface area contributed by atoms with Gasteiger partial charge in [-0.2, -0.15) is 0 Å². The predicted octanol–water partition coefficient (Wildman–Crippen LogP) is 0.665. The van der Waals surface area contributed by atoms with E-state index in [1.54, 1.807) is 0 Å². The van der Waals surface area contributed by atoms with Crippen LogP contribution in [0.4, 0.5) is 0 Å². The molecule has 1 saturated heterocycles. The van der Waals surface area contributed by atoms with Gasteiger partial charge in [0.2, 0.25) is 6.10 Å². The van der Waals surface area contributed by atoms with Gasteiger partial charge in [-0.25, -0.2) is 0 Å². The molecule has 1 amide bonds. The van der Waals surface area contributed by atoms with Crippen molar-refractivity contribution >= 4 is 5.91 Å². The number of nitrogens with one attached hydrogen (secondary N) is 1. The molecule has 0 unspecified atom stereocenters. The van der Waals surface area contributed by atoms with E-state index in [1.165, 1.54) is 0 Å². The van der Waals surface area contributed by atoms with Gasteiger partial charge in [-0.15, -0.1) is 0 Å². The fraction of sp³-hybridized carbons (Fsp3) is 0.562. The molecule has 6 heteroatoms. The Hall–Kier alpha value is -1.79. The number of nitrogens with zero attached hydrogens (tertiary/aromatic N) is 1. The molecule has 22 heavy (non-hydrogen) atoms. The molecule has 1 aromatic rings. The Morgan fingerprint density at radius 3 is 2.82 bits per heavy atom. The van der Waals surface area contributed by atoms with E-state index in [9.17, 15) is 4.79 Å². The smallest absolute Gasteiger partial charge is 0.264 e. The molecule has 2 heterocycles. The number of benzene rings is 1. The fourth-order valence-electron chi connectivity index (χ4n) is 2.60. The molecule has 6 nitrogen and oxygen atoms in total. The molecule has 0 saturated carbocycles. The molecule has 1 fully saturated rings. The first-order valence-corrected chi connectivity index (χ1v) is 7.79. The molecular formula is C16H22N2O4. The number of ether oxygens (including phenoxy) is 3. The summed E-state index contributed by atoms with van der Waals surface area (Å²) in [5.74, 6) is 1.21. The van der Waals surface area contributed by atoms with Crippen molar-refractivity contribution in [1.29, 1.82) is 0 Å². The van der Waals surface area contributed by atoms with Crippen LogP contribution < -0.4 is 14.8 Å². The first-order valence-electron chi connectivity index (χ1n) is 7.79. The van der Waals surface area contributed by atoms with E-state index < -0.39 is 6.10 Å². The third-order valence-electron chi connectivity index (χ3n) is 3.86. The van der Waals surface area contributed by atoms with Crippen LogP contribution in [0.1, 0.15) is 6.42 Å². The van der Waals surface area contributed by atoms with Crippen molar-refractivity contribution in [3.05, 3.63) is 24.3 Å². The van der Waals surface area contributed by atoms with Crippen molar-refractivity contribution in [3.63, 3.8) is 0 Å². The normalized spacial score (nSPS) is 21.4. The topological polar surface area (TPSA) is 60.0 Å². The summed E-state index contributed by atoms with van der Waals surface area (Å²) in [6, 6.07) is 7.40. The van der Waals surface area contributed by atoms with Gasteiger partial charge < -0.3 is 19.5 Å². The summed E-state index contributed by atoms with van der Waals surface area (Å²) in [6.07, 6.45) is 0.355. The molecule has 1 N–H and O–H groups in total. The van der Waals surface area contributed by atoms with Crippen molar-refractivity contribution < 1.29 is 19.0 Å². The lowest BCUT2D eigenvalue weighted by Crippen LogP contribution is -2.45. The summed E-state index contributed by atoms with van der Waals surface area (Å²) in [4.78, 5) is 14.5. The largest absolute Gasteiger partial charge is 0.485 e. The molecule has 0 spiro atoms. The Morgan fingerprint density at radius 2 is 2.00 bits per heavy atom. The van der Waals surface area contributed by atoms with Crippen LogP contribution in [0, 0.1) is 0 Å². The number of para-hydroxylation sites is 2. The molecule has 0 aromatic heterocycles. The number of hydrogen-bond acceptors (Lipinski definition) is 5. The molecule has 0 aliphatic carbocycles. The highest BCUT2D eigenvalue weighted by Crippen LogP contribution is 2.30. The van der Waals surface area contributed by atoms with Gasteiger partial charge >= 0.3 is 0 Å². The molecule has 2 aliphatic heterocycles. The average Bonchev–Trinajstić information content (AvgIpc) is 2.59. The second-order valence-corrected chi connectivity index (χ2v) is 5.46. The number of morpholine rings is 1. The maximum atomic E-state index is 12.1. The van der Waals surface area contributed by atoms with E-state index in [0.717, 1.165) is 39.3 Å². The van der Waals surface area contributed by atoms with Crippen LogP contribution in [0.25, 0.3) is 0 Å². The van der Waals surface area contributed by atoms with Crippen molar-refractivity contribution in [1.82, 2.24) is 10.2 Å². The molecule has 1 aromatic carbocycles. The monoisotopic (exact) mass is 306 g/mol.